The number of thiazole rings is 1. The van der Waals surface area contributed by atoms with E-state index in [-0.39, 0.29) is 17.9 Å². The van der Waals surface area contributed by atoms with Crippen molar-refractivity contribution in [2.24, 2.45) is 5.92 Å². The smallest absolute Gasteiger partial charge is 0.307 e. The zero-order chi connectivity index (χ0) is 19.7. The van der Waals surface area contributed by atoms with E-state index >= 15 is 0 Å². The zero-order valence-corrected chi connectivity index (χ0v) is 16.5. The molecule has 1 aliphatic heterocycles. The second kappa shape index (κ2) is 7.52. The fourth-order valence-electron chi connectivity index (χ4n) is 3.39. The van der Waals surface area contributed by atoms with Crippen LogP contribution in [0.15, 0.2) is 60.2 Å². The van der Waals surface area contributed by atoms with Crippen molar-refractivity contribution in [3.8, 4) is 11.3 Å². The summed E-state index contributed by atoms with van der Waals surface area (Å²) in [6, 6.07) is 12.6. The normalized spacial score (nSPS) is 17.0. The summed E-state index contributed by atoms with van der Waals surface area (Å²) in [5.41, 5.74) is 2.65. The number of imide groups is 1. The Morgan fingerprint density at radius 1 is 1.07 bits per heavy atom. The van der Waals surface area contributed by atoms with Crippen LogP contribution in [0.25, 0.3) is 11.3 Å². The minimum Gasteiger partial charge on any atom is -0.307 e. The van der Waals surface area contributed by atoms with Gasteiger partial charge in [0, 0.05) is 29.9 Å². The highest BCUT2D eigenvalue weighted by Crippen LogP contribution is 2.34. The average molecular weight is 392 g/mol. The molecule has 0 radical (unpaired) electrons. The minimum absolute atomic E-state index is 0.00292. The monoisotopic (exact) mass is 392 g/mol. The molecule has 3 heterocycles. The molecule has 1 unspecified atom stereocenters. The van der Waals surface area contributed by atoms with Crippen LogP contribution in [0, 0.1) is 5.92 Å². The van der Waals surface area contributed by atoms with Crippen LogP contribution in [0.2, 0.25) is 0 Å². The van der Waals surface area contributed by atoms with E-state index in [0.717, 1.165) is 16.8 Å². The second-order valence-corrected chi connectivity index (χ2v) is 7.85. The summed E-state index contributed by atoms with van der Waals surface area (Å²) in [6.07, 6.45) is 3.37. The summed E-state index contributed by atoms with van der Waals surface area (Å²) in [5, 5.41) is 2.29. The molecule has 0 aliphatic carbocycles. The molecule has 0 N–H and O–H groups in total. The first-order valence-electron chi connectivity index (χ1n) is 9.10. The van der Waals surface area contributed by atoms with Crippen molar-refractivity contribution in [2.45, 2.75) is 26.4 Å². The van der Waals surface area contributed by atoms with Crippen LogP contribution in [0.5, 0.6) is 0 Å². The molecule has 1 saturated heterocycles. The molecule has 142 valence electrons. The number of aromatic nitrogens is 2. The van der Waals surface area contributed by atoms with Gasteiger partial charge in [0.05, 0.1) is 5.69 Å². The first kappa shape index (κ1) is 18.3. The number of carbonyl (C=O) groups is 2. The minimum atomic E-state index is -0.509. The number of rotatable bonds is 5. The summed E-state index contributed by atoms with van der Waals surface area (Å²) >= 11 is 1.31. The predicted molar refractivity (Wildman–Crippen MR) is 109 cm³/mol. The van der Waals surface area contributed by atoms with Crippen LogP contribution in [0.3, 0.4) is 0 Å². The Labute approximate surface area is 167 Å². The van der Waals surface area contributed by atoms with E-state index in [2.05, 4.69) is 9.97 Å². The quantitative estimate of drug-likeness (QED) is 0.611. The Hall–Kier alpha value is -3.06. The number of urea groups is 1. The maximum absolute atomic E-state index is 13.2. The van der Waals surface area contributed by atoms with Gasteiger partial charge < -0.3 is 4.90 Å². The lowest BCUT2D eigenvalue weighted by Crippen LogP contribution is -2.38. The number of anilines is 1. The lowest BCUT2D eigenvalue weighted by atomic mass is 10.0. The number of benzene rings is 1. The molecule has 3 amide bonds. The Bertz CT molecular complexity index is 988. The molecule has 1 aromatic carbocycles. The van der Waals surface area contributed by atoms with Gasteiger partial charge in [-0.05, 0) is 23.6 Å². The molecule has 0 saturated carbocycles. The fraction of sp³-hybridized carbons (Fsp3) is 0.238. The molecular formula is C21H20N4O2S. The van der Waals surface area contributed by atoms with Crippen molar-refractivity contribution in [1.82, 2.24) is 14.9 Å². The topological polar surface area (TPSA) is 66.4 Å². The van der Waals surface area contributed by atoms with Gasteiger partial charge in [-0.1, -0.05) is 44.2 Å². The van der Waals surface area contributed by atoms with Gasteiger partial charge in [-0.25, -0.2) is 14.7 Å². The highest BCUT2D eigenvalue weighted by Gasteiger charge is 2.48. The molecule has 4 rings (SSSR count). The lowest BCUT2D eigenvalue weighted by Gasteiger charge is -2.24. The standard InChI is InChI=1S/C21H20N4O2S/c1-14(2)18-19(26)25(21(27)24(18)12-15-8-10-22-11-9-15)20-23-17(13-28-20)16-6-4-3-5-7-16/h3-11,13-14,18H,12H2,1-2H3. The Morgan fingerprint density at radius 3 is 2.46 bits per heavy atom. The van der Waals surface area contributed by atoms with Crippen LogP contribution in [-0.2, 0) is 11.3 Å². The summed E-state index contributed by atoms with van der Waals surface area (Å²) in [7, 11) is 0. The third-order valence-electron chi connectivity index (χ3n) is 4.73. The van der Waals surface area contributed by atoms with Gasteiger partial charge in [0.15, 0.2) is 0 Å². The summed E-state index contributed by atoms with van der Waals surface area (Å²) in [4.78, 5) is 37.7. The van der Waals surface area contributed by atoms with Crippen molar-refractivity contribution in [3.05, 3.63) is 65.8 Å². The number of pyridine rings is 1. The van der Waals surface area contributed by atoms with E-state index in [0.29, 0.717) is 11.7 Å². The average Bonchev–Trinajstić information content (AvgIpc) is 3.26. The number of nitrogens with zero attached hydrogens (tertiary/aromatic N) is 4. The van der Waals surface area contributed by atoms with E-state index in [1.807, 2.05) is 61.7 Å². The van der Waals surface area contributed by atoms with Crippen LogP contribution in [0.4, 0.5) is 9.93 Å². The molecule has 1 aliphatic rings. The maximum Gasteiger partial charge on any atom is 0.334 e. The number of hydrogen-bond donors (Lipinski definition) is 0. The highest BCUT2D eigenvalue weighted by atomic mass is 32.1. The zero-order valence-electron chi connectivity index (χ0n) is 15.6. The summed E-state index contributed by atoms with van der Waals surface area (Å²) in [5.74, 6) is -0.222. The highest BCUT2D eigenvalue weighted by molar-refractivity contribution is 7.14. The molecule has 2 aromatic heterocycles. The molecule has 7 heteroatoms. The predicted octanol–water partition coefficient (Wildman–Crippen LogP) is 4.20. The molecule has 1 fully saturated rings. The van der Waals surface area contributed by atoms with Crippen LogP contribution < -0.4 is 4.90 Å². The van der Waals surface area contributed by atoms with Crippen molar-refractivity contribution >= 4 is 28.4 Å². The van der Waals surface area contributed by atoms with Gasteiger partial charge in [-0.2, -0.15) is 0 Å². The fourth-order valence-corrected chi connectivity index (χ4v) is 4.22. The van der Waals surface area contributed by atoms with E-state index in [4.69, 9.17) is 0 Å². The molecule has 1 atom stereocenters. The Kier molecular flexibility index (Phi) is 4.92. The van der Waals surface area contributed by atoms with Crippen molar-refractivity contribution in [2.75, 3.05) is 4.90 Å². The SMILES string of the molecule is CC(C)C1C(=O)N(c2nc(-c3ccccc3)cs2)C(=O)N1Cc1ccncc1. The van der Waals surface area contributed by atoms with Gasteiger partial charge >= 0.3 is 6.03 Å². The van der Waals surface area contributed by atoms with E-state index in [1.54, 1.807) is 17.3 Å². The molecule has 6 nitrogen and oxygen atoms in total. The van der Waals surface area contributed by atoms with Crippen LogP contribution in [-0.4, -0.2) is 32.8 Å². The van der Waals surface area contributed by atoms with Gasteiger partial charge in [0.2, 0.25) is 5.13 Å². The van der Waals surface area contributed by atoms with Crippen LogP contribution in [0.1, 0.15) is 19.4 Å². The first-order chi connectivity index (χ1) is 13.6. The van der Waals surface area contributed by atoms with Crippen LogP contribution >= 0.6 is 11.3 Å². The Morgan fingerprint density at radius 2 is 1.79 bits per heavy atom. The molecule has 28 heavy (non-hydrogen) atoms. The van der Waals surface area contributed by atoms with E-state index in [1.165, 1.54) is 16.2 Å². The largest absolute Gasteiger partial charge is 0.334 e. The molecule has 3 aromatic rings. The molecular weight excluding hydrogens is 372 g/mol. The third kappa shape index (κ3) is 3.29. The molecule has 0 spiro atoms. The van der Waals surface area contributed by atoms with E-state index in [9.17, 15) is 9.59 Å². The van der Waals surface area contributed by atoms with Gasteiger partial charge in [-0.15, -0.1) is 11.3 Å². The third-order valence-corrected chi connectivity index (χ3v) is 5.56. The lowest BCUT2D eigenvalue weighted by molar-refractivity contribution is -0.120. The maximum atomic E-state index is 13.2. The van der Waals surface area contributed by atoms with Crippen molar-refractivity contribution in [3.63, 3.8) is 0 Å². The van der Waals surface area contributed by atoms with Gasteiger partial charge in [0.25, 0.3) is 5.91 Å². The van der Waals surface area contributed by atoms with Gasteiger partial charge in [0.1, 0.15) is 6.04 Å². The first-order valence-corrected chi connectivity index (χ1v) is 9.98. The Balaban J connectivity index is 1.65. The number of carbonyl (C=O) groups excluding carboxylic acids is 2. The van der Waals surface area contributed by atoms with E-state index < -0.39 is 6.04 Å². The molecule has 0 bridgehead atoms. The summed E-state index contributed by atoms with van der Waals surface area (Å²) in [6.45, 7) is 4.27. The second-order valence-electron chi connectivity index (χ2n) is 7.01. The van der Waals surface area contributed by atoms with Gasteiger partial charge in [-0.3, -0.25) is 9.78 Å². The summed E-state index contributed by atoms with van der Waals surface area (Å²) < 4.78 is 0. The van der Waals surface area contributed by atoms with Crippen molar-refractivity contribution in [1.29, 1.82) is 0 Å². The number of hydrogen-bond acceptors (Lipinski definition) is 5. The van der Waals surface area contributed by atoms with Crippen molar-refractivity contribution < 1.29 is 9.59 Å². The number of amides is 3.